The second-order valence-corrected chi connectivity index (χ2v) is 7.04. The molecule has 7 heteroatoms. The van der Waals surface area contributed by atoms with Crippen molar-refractivity contribution in [1.82, 2.24) is 10.6 Å². The van der Waals surface area contributed by atoms with Crippen LogP contribution in [0.5, 0.6) is 0 Å². The van der Waals surface area contributed by atoms with Gasteiger partial charge in [0.2, 0.25) is 5.91 Å². The van der Waals surface area contributed by atoms with Gasteiger partial charge in [-0.3, -0.25) is 9.59 Å². The van der Waals surface area contributed by atoms with Crippen LogP contribution in [0.15, 0.2) is 53.0 Å². The third-order valence-corrected chi connectivity index (χ3v) is 4.67. The molecule has 2 amide bonds. The molecule has 2 aromatic carbocycles. The van der Waals surface area contributed by atoms with Crippen molar-refractivity contribution in [3.05, 3.63) is 69.9 Å². The fraction of sp³-hybridized carbons (Fsp3) is 0.333. The first kappa shape index (κ1) is 22.0. The van der Waals surface area contributed by atoms with Gasteiger partial charge in [0.05, 0.1) is 12.2 Å². The number of halogens is 2. The van der Waals surface area contributed by atoms with Gasteiger partial charge in [0.15, 0.2) is 0 Å². The van der Waals surface area contributed by atoms with Gasteiger partial charge in [0, 0.05) is 30.6 Å². The van der Waals surface area contributed by atoms with E-state index in [-0.39, 0.29) is 24.4 Å². The van der Waals surface area contributed by atoms with Crippen LogP contribution in [0, 0.1) is 5.82 Å². The van der Waals surface area contributed by atoms with Crippen molar-refractivity contribution in [1.29, 1.82) is 0 Å². The Hall–Kier alpha value is -2.25. The smallest absolute Gasteiger partial charge is 0.252 e. The molecular weight excluding hydrogens is 427 g/mol. The fourth-order valence-corrected chi connectivity index (χ4v) is 2.91. The molecule has 0 aromatic heterocycles. The highest BCUT2D eigenvalue weighted by atomic mass is 79.9. The minimum absolute atomic E-state index is 0.150. The SMILES string of the molecule is O=C(CCNC(=O)c1cc(F)ccc1Br)NCCCOCCc1ccccc1. The first-order valence-electron chi connectivity index (χ1n) is 9.18. The van der Waals surface area contributed by atoms with E-state index >= 15 is 0 Å². The Kier molecular flexibility index (Phi) is 9.65. The number of hydrogen-bond acceptors (Lipinski definition) is 3. The molecule has 2 rings (SSSR count). The summed E-state index contributed by atoms with van der Waals surface area (Å²) in [5.74, 6) is -1.06. The zero-order chi connectivity index (χ0) is 20.2. The van der Waals surface area contributed by atoms with Crippen molar-refractivity contribution in [2.24, 2.45) is 0 Å². The largest absolute Gasteiger partial charge is 0.381 e. The number of ether oxygens (including phenoxy) is 1. The number of carbonyl (C=O) groups excluding carboxylic acids is 2. The lowest BCUT2D eigenvalue weighted by atomic mass is 10.2. The Morgan fingerprint density at radius 3 is 2.57 bits per heavy atom. The van der Waals surface area contributed by atoms with E-state index in [0.29, 0.717) is 24.2 Å². The molecule has 2 aromatic rings. The maximum absolute atomic E-state index is 13.2. The summed E-state index contributed by atoms with van der Waals surface area (Å²) in [6.45, 7) is 1.94. The van der Waals surface area contributed by atoms with Crippen LogP contribution in [0.3, 0.4) is 0 Å². The minimum atomic E-state index is -0.489. The van der Waals surface area contributed by atoms with Gasteiger partial charge >= 0.3 is 0 Å². The number of nitrogens with one attached hydrogen (secondary N) is 2. The Morgan fingerprint density at radius 2 is 1.79 bits per heavy atom. The number of benzene rings is 2. The average molecular weight is 451 g/mol. The van der Waals surface area contributed by atoms with E-state index in [0.717, 1.165) is 18.9 Å². The molecule has 5 nitrogen and oxygen atoms in total. The van der Waals surface area contributed by atoms with Crippen LogP contribution >= 0.6 is 15.9 Å². The Bertz CT molecular complexity index is 772. The Labute approximate surface area is 172 Å². The first-order valence-corrected chi connectivity index (χ1v) is 9.97. The molecule has 0 unspecified atom stereocenters. The molecule has 28 heavy (non-hydrogen) atoms. The van der Waals surface area contributed by atoms with Crippen LogP contribution in [0.4, 0.5) is 4.39 Å². The van der Waals surface area contributed by atoms with Crippen molar-refractivity contribution in [2.45, 2.75) is 19.3 Å². The third kappa shape index (κ3) is 8.19. The van der Waals surface area contributed by atoms with Crippen LogP contribution in [-0.4, -0.2) is 38.1 Å². The minimum Gasteiger partial charge on any atom is -0.381 e. The van der Waals surface area contributed by atoms with E-state index < -0.39 is 11.7 Å². The average Bonchev–Trinajstić information content (AvgIpc) is 2.69. The summed E-state index contributed by atoms with van der Waals surface area (Å²) in [5, 5.41) is 5.40. The summed E-state index contributed by atoms with van der Waals surface area (Å²) in [5.41, 5.74) is 1.44. The monoisotopic (exact) mass is 450 g/mol. The molecule has 0 radical (unpaired) electrons. The fourth-order valence-electron chi connectivity index (χ4n) is 2.48. The zero-order valence-electron chi connectivity index (χ0n) is 15.5. The van der Waals surface area contributed by atoms with E-state index in [2.05, 4.69) is 38.7 Å². The van der Waals surface area contributed by atoms with Gasteiger partial charge in [-0.05, 0) is 52.5 Å². The Balaban J connectivity index is 1.51. The lowest BCUT2D eigenvalue weighted by molar-refractivity contribution is -0.120. The highest BCUT2D eigenvalue weighted by Crippen LogP contribution is 2.17. The van der Waals surface area contributed by atoms with Crippen LogP contribution in [0.1, 0.15) is 28.8 Å². The third-order valence-electron chi connectivity index (χ3n) is 3.98. The Morgan fingerprint density at radius 1 is 1.00 bits per heavy atom. The van der Waals surface area contributed by atoms with Gasteiger partial charge in [-0.2, -0.15) is 0 Å². The molecule has 0 spiro atoms. The first-order chi connectivity index (χ1) is 13.6. The van der Waals surface area contributed by atoms with Gasteiger partial charge in [0.25, 0.3) is 5.91 Å². The van der Waals surface area contributed by atoms with Crippen LogP contribution in [-0.2, 0) is 16.0 Å². The second-order valence-electron chi connectivity index (χ2n) is 6.18. The lowest BCUT2D eigenvalue weighted by Gasteiger charge is -2.08. The van der Waals surface area contributed by atoms with Gasteiger partial charge in [-0.25, -0.2) is 4.39 Å². The van der Waals surface area contributed by atoms with Gasteiger partial charge < -0.3 is 15.4 Å². The predicted octanol–water partition coefficient (Wildman–Crippen LogP) is 3.47. The highest BCUT2D eigenvalue weighted by Gasteiger charge is 2.11. The van der Waals surface area contributed by atoms with Crippen molar-refractivity contribution in [2.75, 3.05) is 26.3 Å². The van der Waals surface area contributed by atoms with E-state index in [1.54, 1.807) is 0 Å². The van der Waals surface area contributed by atoms with Crippen LogP contribution in [0.2, 0.25) is 0 Å². The molecule has 0 fully saturated rings. The molecule has 0 saturated heterocycles. The topological polar surface area (TPSA) is 67.4 Å². The summed E-state index contributed by atoms with van der Waals surface area (Å²) in [6.07, 6.45) is 1.75. The summed E-state index contributed by atoms with van der Waals surface area (Å²) >= 11 is 3.21. The molecule has 0 heterocycles. The zero-order valence-corrected chi connectivity index (χ0v) is 17.1. The van der Waals surface area contributed by atoms with Crippen molar-refractivity contribution < 1.29 is 18.7 Å². The molecule has 2 N–H and O–H groups in total. The van der Waals surface area contributed by atoms with Crippen molar-refractivity contribution in [3.8, 4) is 0 Å². The van der Waals surface area contributed by atoms with Gasteiger partial charge in [0.1, 0.15) is 5.82 Å². The molecule has 0 aliphatic heterocycles. The molecule has 0 atom stereocenters. The molecule has 0 aliphatic carbocycles. The van der Waals surface area contributed by atoms with E-state index in [4.69, 9.17) is 4.74 Å². The molecule has 150 valence electrons. The van der Waals surface area contributed by atoms with Crippen molar-refractivity contribution in [3.63, 3.8) is 0 Å². The number of rotatable bonds is 11. The van der Waals surface area contributed by atoms with Gasteiger partial charge in [-0.15, -0.1) is 0 Å². The predicted molar refractivity (Wildman–Crippen MR) is 110 cm³/mol. The van der Waals surface area contributed by atoms with E-state index in [1.165, 1.54) is 17.7 Å². The highest BCUT2D eigenvalue weighted by molar-refractivity contribution is 9.10. The second kappa shape index (κ2) is 12.3. The van der Waals surface area contributed by atoms with Crippen molar-refractivity contribution >= 4 is 27.7 Å². The standard InChI is InChI=1S/C21H24BrFN2O3/c22-19-8-7-17(23)15-18(19)21(27)25-12-9-20(26)24-11-4-13-28-14-10-16-5-2-1-3-6-16/h1-3,5-8,15H,4,9-14H2,(H,24,26)(H,25,27). The van der Waals surface area contributed by atoms with E-state index in [9.17, 15) is 14.0 Å². The summed E-state index contributed by atoms with van der Waals surface area (Å²) in [4.78, 5) is 23.8. The summed E-state index contributed by atoms with van der Waals surface area (Å²) in [7, 11) is 0. The summed E-state index contributed by atoms with van der Waals surface area (Å²) in [6, 6.07) is 14.0. The van der Waals surface area contributed by atoms with E-state index in [1.807, 2.05) is 18.2 Å². The number of carbonyl (C=O) groups is 2. The molecular formula is C21H24BrFN2O3. The van der Waals surface area contributed by atoms with Gasteiger partial charge in [-0.1, -0.05) is 30.3 Å². The maximum Gasteiger partial charge on any atom is 0.252 e. The molecule has 0 bridgehead atoms. The number of hydrogen-bond donors (Lipinski definition) is 2. The normalized spacial score (nSPS) is 10.5. The molecule has 0 aliphatic rings. The lowest BCUT2D eigenvalue weighted by Crippen LogP contribution is -2.31. The molecule has 0 saturated carbocycles. The summed E-state index contributed by atoms with van der Waals surface area (Å²) < 4.78 is 19.3. The van der Waals surface area contributed by atoms with Crippen LogP contribution < -0.4 is 10.6 Å². The maximum atomic E-state index is 13.2. The number of amides is 2. The quantitative estimate of drug-likeness (QED) is 0.515. The van der Waals surface area contributed by atoms with Crippen LogP contribution in [0.25, 0.3) is 0 Å².